The lowest BCUT2D eigenvalue weighted by Gasteiger charge is -2.35. The maximum Gasteiger partial charge on any atom is 0.243 e. The van der Waals surface area contributed by atoms with Gasteiger partial charge in [0.2, 0.25) is 10.0 Å². The van der Waals surface area contributed by atoms with Crippen LogP contribution < -0.4 is 0 Å². The molecule has 0 aliphatic carbocycles. The van der Waals surface area contributed by atoms with Crippen LogP contribution >= 0.6 is 0 Å². The predicted octanol–water partition coefficient (Wildman–Crippen LogP) is 3.31. The van der Waals surface area contributed by atoms with Crippen molar-refractivity contribution in [3.05, 3.63) is 59.9 Å². The van der Waals surface area contributed by atoms with Crippen LogP contribution in [0.15, 0.2) is 53.7 Å². The predicted molar refractivity (Wildman–Crippen MR) is 85.9 cm³/mol. The highest BCUT2D eigenvalue weighted by Crippen LogP contribution is 2.35. The van der Waals surface area contributed by atoms with Gasteiger partial charge in [-0.25, -0.2) is 8.42 Å². The van der Waals surface area contributed by atoms with Crippen molar-refractivity contribution >= 4 is 10.0 Å². The highest BCUT2D eigenvalue weighted by molar-refractivity contribution is 7.89. The fraction of sp³-hybridized carbons (Fsp3) is 0.353. The number of hydrogen-bond donors (Lipinski definition) is 0. The molecule has 1 aliphatic rings. The third-order valence-corrected chi connectivity index (χ3v) is 6.09. The number of sulfonamides is 1. The summed E-state index contributed by atoms with van der Waals surface area (Å²) in [7, 11) is -3.46. The van der Waals surface area contributed by atoms with Gasteiger partial charge in [0.1, 0.15) is 0 Å². The third-order valence-electron chi connectivity index (χ3n) is 4.17. The molecule has 1 saturated heterocycles. The number of hydrogen-bond acceptors (Lipinski definition) is 3. The topological polar surface area (TPSA) is 50.3 Å². The second kappa shape index (κ2) is 6.18. The molecule has 0 unspecified atom stereocenters. The molecule has 2 heterocycles. The van der Waals surface area contributed by atoms with E-state index in [0.29, 0.717) is 11.4 Å². The molecule has 1 atom stereocenters. The first kappa shape index (κ1) is 15.2. The number of rotatable bonds is 3. The first-order valence-corrected chi connectivity index (χ1v) is 9.01. The van der Waals surface area contributed by atoms with Crippen LogP contribution in [0.25, 0.3) is 0 Å². The van der Waals surface area contributed by atoms with Crippen molar-refractivity contribution in [3.8, 4) is 0 Å². The van der Waals surface area contributed by atoms with Crippen LogP contribution in [0.5, 0.6) is 0 Å². The third kappa shape index (κ3) is 2.91. The summed E-state index contributed by atoms with van der Waals surface area (Å²) in [4.78, 5) is 4.40. The van der Waals surface area contributed by atoms with Gasteiger partial charge in [0, 0.05) is 18.9 Å². The summed E-state index contributed by atoms with van der Waals surface area (Å²) in [6, 6.07) is 10.8. The molecule has 116 valence electrons. The van der Waals surface area contributed by atoms with E-state index in [1.807, 2.05) is 31.2 Å². The zero-order chi connectivity index (χ0) is 15.6. The van der Waals surface area contributed by atoms with Crippen LogP contribution in [-0.4, -0.2) is 24.3 Å². The van der Waals surface area contributed by atoms with Crippen LogP contribution in [0.2, 0.25) is 0 Å². The minimum absolute atomic E-state index is 0.0944. The van der Waals surface area contributed by atoms with Crippen LogP contribution in [0.3, 0.4) is 0 Å². The summed E-state index contributed by atoms with van der Waals surface area (Å²) < 4.78 is 27.6. The molecule has 0 N–H and O–H groups in total. The first-order chi connectivity index (χ1) is 10.6. The van der Waals surface area contributed by atoms with E-state index >= 15 is 0 Å². The summed E-state index contributed by atoms with van der Waals surface area (Å²) >= 11 is 0. The number of nitrogens with zero attached hydrogens (tertiary/aromatic N) is 2. The Morgan fingerprint density at radius 1 is 1.05 bits per heavy atom. The van der Waals surface area contributed by atoms with E-state index in [9.17, 15) is 8.42 Å². The molecule has 22 heavy (non-hydrogen) atoms. The Morgan fingerprint density at radius 2 is 1.73 bits per heavy atom. The van der Waals surface area contributed by atoms with E-state index in [2.05, 4.69) is 4.98 Å². The Bertz CT molecular complexity index is 727. The number of benzene rings is 1. The second-order valence-corrected chi connectivity index (χ2v) is 7.61. The van der Waals surface area contributed by atoms with Gasteiger partial charge < -0.3 is 0 Å². The monoisotopic (exact) mass is 316 g/mol. The van der Waals surface area contributed by atoms with E-state index < -0.39 is 10.0 Å². The Balaban J connectivity index is 1.98. The molecule has 1 fully saturated rings. The molecule has 5 heteroatoms. The molecule has 0 saturated carbocycles. The Morgan fingerprint density at radius 3 is 2.41 bits per heavy atom. The average molecular weight is 316 g/mol. The summed E-state index contributed by atoms with van der Waals surface area (Å²) in [6.07, 6.45) is 6.26. The van der Waals surface area contributed by atoms with Gasteiger partial charge in [0.05, 0.1) is 10.9 Å². The van der Waals surface area contributed by atoms with Gasteiger partial charge in [0.15, 0.2) is 0 Å². The molecule has 0 spiro atoms. The van der Waals surface area contributed by atoms with E-state index in [-0.39, 0.29) is 6.04 Å². The van der Waals surface area contributed by atoms with Crippen molar-refractivity contribution in [2.24, 2.45) is 0 Å². The summed E-state index contributed by atoms with van der Waals surface area (Å²) in [5, 5.41) is 0. The van der Waals surface area contributed by atoms with Gasteiger partial charge in [-0.15, -0.1) is 0 Å². The largest absolute Gasteiger partial charge is 0.265 e. The number of aryl methyl sites for hydroxylation is 1. The van der Waals surface area contributed by atoms with E-state index in [1.54, 1.807) is 28.8 Å². The molecule has 1 aromatic carbocycles. The second-order valence-electron chi connectivity index (χ2n) is 5.72. The van der Waals surface area contributed by atoms with Gasteiger partial charge in [-0.1, -0.05) is 24.1 Å². The summed E-state index contributed by atoms with van der Waals surface area (Å²) in [5.41, 5.74) is 2.08. The fourth-order valence-corrected chi connectivity index (χ4v) is 4.64. The van der Waals surface area contributed by atoms with Crippen molar-refractivity contribution in [2.75, 3.05) is 6.54 Å². The van der Waals surface area contributed by atoms with Gasteiger partial charge in [-0.3, -0.25) is 4.98 Å². The molecule has 0 amide bonds. The number of aromatic nitrogens is 1. The Kier molecular flexibility index (Phi) is 4.27. The lowest BCUT2D eigenvalue weighted by molar-refractivity contribution is 0.256. The first-order valence-electron chi connectivity index (χ1n) is 7.57. The van der Waals surface area contributed by atoms with Crippen LogP contribution in [-0.2, 0) is 10.0 Å². The van der Waals surface area contributed by atoms with Gasteiger partial charge >= 0.3 is 0 Å². The minimum atomic E-state index is -3.46. The van der Waals surface area contributed by atoms with Gasteiger partial charge in [-0.05, 0) is 49.6 Å². The van der Waals surface area contributed by atoms with Crippen molar-refractivity contribution in [3.63, 3.8) is 0 Å². The van der Waals surface area contributed by atoms with Crippen LogP contribution in [0.4, 0.5) is 0 Å². The Hall–Kier alpha value is -1.72. The number of piperidine rings is 1. The van der Waals surface area contributed by atoms with Crippen LogP contribution in [0.1, 0.15) is 36.4 Å². The average Bonchev–Trinajstić information content (AvgIpc) is 2.56. The summed E-state index contributed by atoms with van der Waals surface area (Å²) in [6.45, 7) is 2.53. The highest BCUT2D eigenvalue weighted by atomic mass is 32.2. The zero-order valence-corrected chi connectivity index (χ0v) is 13.5. The maximum absolute atomic E-state index is 13.0. The van der Waals surface area contributed by atoms with E-state index in [4.69, 9.17) is 0 Å². The quantitative estimate of drug-likeness (QED) is 0.873. The molecule has 1 aliphatic heterocycles. The molecule has 0 bridgehead atoms. The van der Waals surface area contributed by atoms with Crippen molar-refractivity contribution in [1.29, 1.82) is 0 Å². The molecule has 3 rings (SSSR count). The SMILES string of the molecule is Cc1ccc(S(=O)(=O)N2CCCC[C@H]2c2ccncc2)cc1. The van der Waals surface area contributed by atoms with Crippen molar-refractivity contribution < 1.29 is 8.42 Å². The standard InChI is InChI=1S/C17H20N2O2S/c1-14-5-7-16(8-6-14)22(20,21)19-13-3-2-4-17(19)15-9-11-18-12-10-15/h5-12,17H,2-4,13H2,1H3/t17-/m0/s1. The van der Waals surface area contributed by atoms with Crippen molar-refractivity contribution in [1.82, 2.24) is 9.29 Å². The normalized spacial score (nSPS) is 20.0. The number of pyridine rings is 1. The van der Waals surface area contributed by atoms with Gasteiger partial charge in [0.25, 0.3) is 0 Å². The molecular weight excluding hydrogens is 296 g/mol. The molecular formula is C17H20N2O2S. The lowest BCUT2D eigenvalue weighted by atomic mass is 9.98. The molecule has 4 nitrogen and oxygen atoms in total. The molecule has 2 aromatic rings. The molecule has 0 radical (unpaired) electrons. The van der Waals surface area contributed by atoms with Gasteiger partial charge in [-0.2, -0.15) is 4.31 Å². The smallest absolute Gasteiger partial charge is 0.243 e. The van der Waals surface area contributed by atoms with Crippen LogP contribution in [0, 0.1) is 6.92 Å². The van der Waals surface area contributed by atoms with E-state index in [0.717, 1.165) is 30.4 Å². The fourth-order valence-electron chi connectivity index (χ4n) is 2.96. The minimum Gasteiger partial charge on any atom is -0.265 e. The van der Waals surface area contributed by atoms with Crippen molar-refractivity contribution in [2.45, 2.75) is 37.1 Å². The Labute approximate surface area is 131 Å². The molecule has 1 aromatic heterocycles. The highest BCUT2D eigenvalue weighted by Gasteiger charge is 2.34. The van der Waals surface area contributed by atoms with E-state index in [1.165, 1.54) is 0 Å². The zero-order valence-electron chi connectivity index (χ0n) is 12.6. The maximum atomic E-state index is 13.0. The summed E-state index contributed by atoms with van der Waals surface area (Å²) in [5.74, 6) is 0. The lowest BCUT2D eigenvalue weighted by Crippen LogP contribution is -2.38.